The van der Waals surface area contributed by atoms with Crippen LogP contribution in [0.4, 0.5) is 17.3 Å². The van der Waals surface area contributed by atoms with E-state index < -0.39 is 0 Å². The van der Waals surface area contributed by atoms with Gasteiger partial charge in [-0.2, -0.15) is 0 Å². The first-order valence-corrected chi connectivity index (χ1v) is 5.45. The van der Waals surface area contributed by atoms with E-state index >= 15 is 0 Å². The molecule has 0 spiro atoms. The van der Waals surface area contributed by atoms with E-state index in [1.807, 2.05) is 42.3 Å². The van der Waals surface area contributed by atoms with Crippen molar-refractivity contribution in [2.45, 2.75) is 6.92 Å². The summed E-state index contributed by atoms with van der Waals surface area (Å²) in [5.74, 6) is 6.87. The number of rotatable bonds is 3. The third-order valence-corrected chi connectivity index (χ3v) is 2.70. The minimum absolute atomic E-state index is 0.655. The number of hydrogen-bond donors (Lipinski definition) is 2. The molecule has 0 aliphatic heterocycles. The van der Waals surface area contributed by atoms with E-state index in [9.17, 15) is 0 Å². The van der Waals surface area contributed by atoms with Gasteiger partial charge in [-0.25, -0.2) is 10.8 Å². The summed E-state index contributed by atoms with van der Waals surface area (Å²) >= 11 is 0. The first kappa shape index (κ1) is 11.4. The molecular weight excluding hydrogens is 212 g/mol. The van der Waals surface area contributed by atoms with Crippen molar-refractivity contribution in [2.75, 3.05) is 17.4 Å². The van der Waals surface area contributed by atoms with Gasteiger partial charge in [0.25, 0.3) is 0 Å². The van der Waals surface area contributed by atoms with Crippen LogP contribution in [0.5, 0.6) is 0 Å². The van der Waals surface area contributed by atoms with E-state index in [0.29, 0.717) is 5.82 Å². The number of nitrogens with zero attached hydrogens (tertiary/aromatic N) is 2. The Morgan fingerprint density at radius 2 is 1.88 bits per heavy atom. The summed E-state index contributed by atoms with van der Waals surface area (Å²) in [6, 6.07) is 13.9. The van der Waals surface area contributed by atoms with Crippen LogP contribution in [-0.2, 0) is 0 Å². The van der Waals surface area contributed by atoms with E-state index in [1.54, 1.807) is 0 Å². The molecule has 0 unspecified atom stereocenters. The molecule has 0 aliphatic carbocycles. The zero-order valence-electron chi connectivity index (χ0n) is 10.0. The van der Waals surface area contributed by atoms with E-state index in [2.05, 4.69) is 29.5 Å². The third kappa shape index (κ3) is 2.37. The largest absolute Gasteiger partial charge is 0.329 e. The molecule has 17 heavy (non-hydrogen) atoms. The van der Waals surface area contributed by atoms with Gasteiger partial charge in [0.1, 0.15) is 11.6 Å². The van der Waals surface area contributed by atoms with Gasteiger partial charge in [0, 0.05) is 12.7 Å². The molecular formula is C13H16N4. The highest BCUT2D eigenvalue weighted by Crippen LogP contribution is 2.25. The highest BCUT2D eigenvalue weighted by atomic mass is 15.3. The molecule has 3 N–H and O–H groups in total. The minimum atomic E-state index is 0.655. The second kappa shape index (κ2) is 4.84. The lowest BCUT2D eigenvalue weighted by atomic mass is 10.2. The van der Waals surface area contributed by atoms with Crippen LogP contribution in [0, 0.1) is 6.92 Å². The van der Waals surface area contributed by atoms with Crippen LogP contribution in [0.3, 0.4) is 0 Å². The van der Waals surface area contributed by atoms with Gasteiger partial charge < -0.3 is 10.3 Å². The average Bonchev–Trinajstić information content (AvgIpc) is 2.38. The maximum atomic E-state index is 5.36. The van der Waals surface area contributed by atoms with E-state index in [0.717, 1.165) is 11.5 Å². The fourth-order valence-electron chi connectivity index (χ4n) is 1.75. The topological polar surface area (TPSA) is 54.2 Å². The number of nitrogens with one attached hydrogen (secondary N) is 1. The third-order valence-electron chi connectivity index (χ3n) is 2.70. The van der Waals surface area contributed by atoms with Crippen molar-refractivity contribution in [3.05, 3.63) is 48.0 Å². The van der Waals surface area contributed by atoms with Crippen molar-refractivity contribution >= 4 is 17.3 Å². The van der Waals surface area contributed by atoms with Crippen LogP contribution in [0.25, 0.3) is 0 Å². The van der Waals surface area contributed by atoms with Crippen molar-refractivity contribution in [1.82, 2.24) is 4.98 Å². The van der Waals surface area contributed by atoms with Crippen LogP contribution in [0.2, 0.25) is 0 Å². The number of hydrogen-bond acceptors (Lipinski definition) is 4. The van der Waals surface area contributed by atoms with Crippen LogP contribution in [0.1, 0.15) is 5.56 Å². The summed E-state index contributed by atoms with van der Waals surface area (Å²) in [6.07, 6.45) is 0. The summed E-state index contributed by atoms with van der Waals surface area (Å²) in [5.41, 5.74) is 4.90. The number of hydrazine groups is 1. The number of anilines is 3. The van der Waals surface area contributed by atoms with Crippen LogP contribution in [-0.4, -0.2) is 12.0 Å². The van der Waals surface area contributed by atoms with Crippen molar-refractivity contribution in [2.24, 2.45) is 5.84 Å². The maximum Gasteiger partial charge on any atom is 0.142 e. The molecule has 4 nitrogen and oxygen atoms in total. The van der Waals surface area contributed by atoms with Crippen molar-refractivity contribution in [3.63, 3.8) is 0 Å². The number of benzene rings is 1. The van der Waals surface area contributed by atoms with E-state index in [1.165, 1.54) is 5.56 Å². The Hall–Kier alpha value is -2.07. The molecule has 0 saturated heterocycles. The average molecular weight is 228 g/mol. The first-order valence-electron chi connectivity index (χ1n) is 5.45. The Kier molecular flexibility index (Phi) is 3.25. The lowest BCUT2D eigenvalue weighted by Gasteiger charge is -2.20. The summed E-state index contributed by atoms with van der Waals surface area (Å²) < 4.78 is 0. The standard InChI is InChI=1S/C13H16N4/c1-10-6-3-4-7-11(10)17(2)13-9-5-8-12(15-13)16-14/h3-9H,14H2,1-2H3,(H,15,16). The van der Waals surface area contributed by atoms with Gasteiger partial charge in [0.2, 0.25) is 0 Å². The second-order valence-electron chi connectivity index (χ2n) is 3.87. The number of nitrogens with two attached hydrogens (primary N) is 1. The van der Waals surface area contributed by atoms with Gasteiger partial charge in [0.15, 0.2) is 0 Å². The van der Waals surface area contributed by atoms with Crippen molar-refractivity contribution in [1.29, 1.82) is 0 Å². The van der Waals surface area contributed by atoms with Crippen molar-refractivity contribution in [3.8, 4) is 0 Å². The molecule has 2 rings (SSSR count). The van der Waals surface area contributed by atoms with Gasteiger partial charge in [-0.3, -0.25) is 0 Å². The summed E-state index contributed by atoms with van der Waals surface area (Å²) in [6.45, 7) is 2.08. The molecule has 2 aromatic rings. The van der Waals surface area contributed by atoms with Gasteiger partial charge in [-0.05, 0) is 30.7 Å². The van der Waals surface area contributed by atoms with Gasteiger partial charge in [-0.1, -0.05) is 24.3 Å². The smallest absolute Gasteiger partial charge is 0.142 e. The molecule has 0 bridgehead atoms. The molecule has 1 aromatic heterocycles. The lowest BCUT2D eigenvalue weighted by molar-refractivity contribution is 1.10. The van der Waals surface area contributed by atoms with E-state index in [4.69, 9.17) is 5.84 Å². The Balaban J connectivity index is 2.37. The monoisotopic (exact) mass is 228 g/mol. The SMILES string of the molecule is Cc1ccccc1N(C)c1cccc(NN)n1. The molecule has 88 valence electrons. The summed E-state index contributed by atoms with van der Waals surface area (Å²) in [7, 11) is 1.99. The molecule has 0 saturated carbocycles. The molecule has 1 heterocycles. The molecule has 0 fully saturated rings. The molecule has 4 heteroatoms. The number of aromatic nitrogens is 1. The Bertz CT molecular complexity index is 510. The van der Waals surface area contributed by atoms with Gasteiger partial charge >= 0.3 is 0 Å². The van der Waals surface area contributed by atoms with E-state index in [-0.39, 0.29) is 0 Å². The quantitative estimate of drug-likeness (QED) is 0.626. The second-order valence-corrected chi connectivity index (χ2v) is 3.87. The summed E-state index contributed by atoms with van der Waals surface area (Å²) in [5, 5.41) is 0. The normalized spacial score (nSPS) is 10.1. The van der Waals surface area contributed by atoms with Gasteiger partial charge in [0.05, 0.1) is 0 Å². The zero-order chi connectivity index (χ0) is 12.3. The Labute approximate surface area is 101 Å². The van der Waals surface area contributed by atoms with Crippen molar-refractivity contribution < 1.29 is 0 Å². The highest BCUT2D eigenvalue weighted by molar-refractivity contribution is 5.63. The summed E-state index contributed by atoms with van der Waals surface area (Å²) in [4.78, 5) is 6.44. The van der Waals surface area contributed by atoms with Crippen LogP contribution >= 0.6 is 0 Å². The van der Waals surface area contributed by atoms with Crippen LogP contribution in [0.15, 0.2) is 42.5 Å². The molecule has 0 amide bonds. The first-order chi connectivity index (χ1) is 8.22. The number of para-hydroxylation sites is 1. The van der Waals surface area contributed by atoms with Crippen LogP contribution < -0.4 is 16.2 Å². The number of aryl methyl sites for hydroxylation is 1. The number of nitrogen functional groups attached to an aromatic ring is 1. The molecule has 0 aliphatic rings. The predicted octanol–water partition coefficient (Wildman–Crippen LogP) is 2.44. The fraction of sp³-hybridized carbons (Fsp3) is 0.154. The highest BCUT2D eigenvalue weighted by Gasteiger charge is 2.07. The Morgan fingerprint density at radius 1 is 1.12 bits per heavy atom. The zero-order valence-corrected chi connectivity index (χ0v) is 10.0. The van der Waals surface area contributed by atoms with Gasteiger partial charge in [-0.15, -0.1) is 0 Å². The maximum absolute atomic E-state index is 5.36. The molecule has 1 aromatic carbocycles. The predicted molar refractivity (Wildman–Crippen MR) is 71.3 cm³/mol. The Morgan fingerprint density at radius 3 is 2.59 bits per heavy atom. The minimum Gasteiger partial charge on any atom is -0.329 e. The fourth-order valence-corrected chi connectivity index (χ4v) is 1.75. The molecule has 0 radical (unpaired) electrons. The lowest BCUT2D eigenvalue weighted by Crippen LogP contribution is -2.14. The number of pyridine rings is 1. The molecule has 0 atom stereocenters.